The van der Waals surface area contributed by atoms with Crippen LogP contribution in [0.3, 0.4) is 0 Å². The first kappa shape index (κ1) is 15.8. The van der Waals surface area contributed by atoms with E-state index in [4.69, 9.17) is 14.6 Å². The molecule has 0 aliphatic carbocycles. The normalized spacial score (nSPS) is 22.8. The van der Waals surface area contributed by atoms with Crippen LogP contribution in [-0.2, 0) is 9.53 Å². The van der Waals surface area contributed by atoms with Gasteiger partial charge in [-0.25, -0.2) is 0 Å². The van der Waals surface area contributed by atoms with Crippen molar-refractivity contribution in [2.45, 2.75) is 19.1 Å². The monoisotopic (exact) mass is 294 g/mol. The third-order valence-electron chi connectivity index (χ3n) is 3.56. The van der Waals surface area contributed by atoms with E-state index in [1.54, 1.807) is 31.4 Å². The van der Waals surface area contributed by atoms with Crippen LogP contribution in [0.5, 0.6) is 5.75 Å². The molecule has 1 amide bonds. The van der Waals surface area contributed by atoms with Gasteiger partial charge in [-0.05, 0) is 31.2 Å². The summed E-state index contributed by atoms with van der Waals surface area (Å²) in [5, 5.41) is 12.0. The van der Waals surface area contributed by atoms with Crippen molar-refractivity contribution in [3.63, 3.8) is 0 Å². The van der Waals surface area contributed by atoms with Crippen molar-refractivity contribution in [3.05, 3.63) is 24.3 Å². The summed E-state index contributed by atoms with van der Waals surface area (Å²) in [4.78, 5) is 14.1. The predicted molar refractivity (Wildman–Crippen MR) is 79.5 cm³/mol. The number of rotatable bonds is 5. The number of aliphatic hydroxyl groups excluding tert-OH is 1. The van der Waals surface area contributed by atoms with Crippen LogP contribution in [0.25, 0.3) is 0 Å². The number of anilines is 1. The number of morpholine rings is 1. The molecule has 1 aliphatic heterocycles. The first-order valence-corrected chi connectivity index (χ1v) is 7.02. The highest BCUT2D eigenvalue weighted by molar-refractivity contribution is 5.92. The first-order chi connectivity index (χ1) is 10.1. The lowest BCUT2D eigenvalue weighted by Crippen LogP contribution is -2.51. The van der Waals surface area contributed by atoms with E-state index in [-0.39, 0.29) is 31.2 Å². The topological polar surface area (TPSA) is 71.0 Å². The molecule has 1 saturated heterocycles. The smallest absolute Gasteiger partial charge is 0.238 e. The Bertz CT molecular complexity index is 463. The minimum atomic E-state index is -0.213. The van der Waals surface area contributed by atoms with Gasteiger partial charge in [0.15, 0.2) is 0 Å². The number of nitrogens with zero attached hydrogens (tertiary/aromatic N) is 1. The van der Waals surface area contributed by atoms with Gasteiger partial charge in [0.1, 0.15) is 5.75 Å². The molecule has 2 N–H and O–H groups in total. The molecule has 2 rings (SSSR count). The fraction of sp³-hybridized carbons (Fsp3) is 0.533. The number of hydrogen-bond acceptors (Lipinski definition) is 5. The molecule has 1 heterocycles. The van der Waals surface area contributed by atoms with Gasteiger partial charge in [0.25, 0.3) is 0 Å². The minimum absolute atomic E-state index is 0.0245. The Morgan fingerprint density at radius 1 is 1.48 bits per heavy atom. The van der Waals surface area contributed by atoms with Gasteiger partial charge in [0.2, 0.25) is 5.91 Å². The third kappa shape index (κ3) is 4.42. The molecule has 21 heavy (non-hydrogen) atoms. The quantitative estimate of drug-likeness (QED) is 0.837. The molecule has 0 aromatic heterocycles. The number of aliphatic hydroxyl groups is 1. The van der Waals surface area contributed by atoms with Crippen LogP contribution in [0.2, 0.25) is 0 Å². The Labute approximate surface area is 124 Å². The highest BCUT2D eigenvalue weighted by atomic mass is 16.5. The molecule has 1 aromatic carbocycles. The zero-order valence-electron chi connectivity index (χ0n) is 12.4. The molecule has 2 unspecified atom stereocenters. The van der Waals surface area contributed by atoms with Gasteiger partial charge < -0.3 is 19.9 Å². The van der Waals surface area contributed by atoms with E-state index in [0.29, 0.717) is 13.2 Å². The van der Waals surface area contributed by atoms with Gasteiger partial charge >= 0.3 is 0 Å². The fourth-order valence-electron chi connectivity index (χ4n) is 2.27. The fourth-order valence-corrected chi connectivity index (χ4v) is 2.27. The maximum Gasteiger partial charge on any atom is 0.238 e. The van der Waals surface area contributed by atoms with Crippen molar-refractivity contribution in [2.75, 3.05) is 38.7 Å². The number of nitrogens with one attached hydrogen (secondary N) is 1. The Kier molecular flexibility index (Phi) is 5.55. The first-order valence-electron chi connectivity index (χ1n) is 7.02. The maximum atomic E-state index is 12.1. The van der Waals surface area contributed by atoms with Crippen LogP contribution in [0.15, 0.2) is 24.3 Å². The van der Waals surface area contributed by atoms with Crippen molar-refractivity contribution in [2.24, 2.45) is 0 Å². The van der Waals surface area contributed by atoms with Gasteiger partial charge in [-0.1, -0.05) is 0 Å². The van der Waals surface area contributed by atoms with Crippen LogP contribution >= 0.6 is 0 Å². The summed E-state index contributed by atoms with van der Waals surface area (Å²) < 4.78 is 10.5. The second-order valence-corrected chi connectivity index (χ2v) is 5.19. The Hall–Kier alpha value is -1.63. The molecule has 116 valence electrons. The Morgan fingerprint density at radius 2 is 2.19 bits per heavy atom. The molecular weight excluding hydrogens is 272 g/mol. The summed E-state index contributed by atoms with van der Waals surface area (Å²) in [5.41, 5.74) is 0.737. The Balaban J connectivity index is 1.87. The molecular formula is C15H22N2O4. The molecule has 1 aromatic rings. The van der Waals surface area contributed by atoms with Gasteiger partial charge in [0, 0.05) is 18.3 Å². The van der Waals surface area contributed by atoms with Crippen molar-refractivity contribution in [1.29, 1.82) is 0 Å². The lowest BCUT2D eigenvalue weighted by Gasteiger charge is -2.36. The number of benzene rings is 1. The molecule has 1 aliphatic rings. The number of ether oxygens (including phenoxy) is 2. The SMILES string of the molecule is COc1ccc(NC(=O)CN2CC(CO)OCC2C)cc1. The van der Waals surface area contributed by atoms with E-state index in [2.05, 4.69) is 5.32 Å². The average Bonchev–Trinajstić information content (AvgIpc) is 2.50. The second kappa shape index (κ2) is 7.40. The molecule has 1 fully saturated rings. The van der Waals surface area contributed by atoms with Gasteiger partial charge in [-0.15, -0.1) is 0 Å². The number of amides is 1. The third-order valence-corrected chi connectivity index (χ3v) is 3.56. The van der Waals surface area contributed by atoms with E-state index in [1.165, 1.54) is 0 Å². The van der Waals surface area contributed by atoms with Crippen LogP contribution in [0.4, 0.5) is 5.69 Å². The number of carbonyl (C=O) groups is 1. The lowest BCUT2D eigenvalue weighted by atomic mass is 10.2. The van der Waals surface area contributed by atoms with Crippen molar-refractivity contribution < 1.29 is 19.4 Å². The van der Waals surface area contributed by atoms with E-state index >= 15 is 0 Å². The van der Waals surface area contributed by atoms with Crippen LogP contribution in [0.1, 0.15) is 6.92 Å². The Morgan fingerprint density at radius 3 is 2.81 bits per heavy atom. The van der Waals surface area contributed by atoms with Crippen LogP contribution in [0, 0.1) is 0 Å². The molecule has 6 heteroatoms. The highest BCUT2D eigenvalue weighted by Crippen LogP contribution is 2.16. The standard InChI is InChI=1S/C15H22N2O4/c1-11-10-21-14(9-18)7-17(11)8-15(19)16-12-3-5-13(20-2)6-4-12/h3-6,11,14,18H,7-10H2,1-2H3,(H,16,19). The summed E-state index contributed by atoms with van der Waals surface area (Å²) in [7, 11) is 1.60. The molecule has 0 bridgehead atoms. The van der Waals surface area contributed by atoms with E-state index in [1.807, 2.05) is 11.8 Å². The molecule has 0 radical (unpaired) electrons. The van der Waals surface area contributed by atoms with E-state index in [0.717, 1.165) is 11.4 Å². The lowest BCUT2D eigenvalue weighted by molar-refractivity contribution is -0.122. The zero-order valence-corrected chi connectivity index (χ0v) is 12.4. The molecule has 0 saturated carbocycles. The second-order valence-electron chi connectivity index (χ2n) is 5.19. The van der Waals surface area contributed by atoms with Crippen LogP contribution in [-0.4, -0.2) is 61.5 Å². The number of hydrogen-bond donors (Lipinski definition) is 2. The maximum absolute atomic E-state index is 12.1. The summed E-state index contributed by atoms with van der Waals surface area (Å²) in [6.45, 7) is 3.36. The van der Waals surface area contributed by atoms with Crippen molar-refractivity contribution in [1.82, 2.24) is 4.90 Å². The predicted octanol–water partition coefficient (Wildman–Crippen LogP) is 0.715. The summed E-state index contributed by atoms with van der Waals surface area (Å²) in [6.07, 6.45) is -0.213. The largest absolute Gasteiger partial charge is 0.497 e. The summed E-state index contributed by atoms with van der Waals surface area (Å²) in [6, 6.07) is 7.37. The molecule has 6 nitrogen and oxygen atoms in total. The van der Waals surface area contributed by atoms with Crippen molar-refractivity contribution >= 4 is 11.6 Å². The summed E-state index contributed by atoms with van der Waals surface area (Å²) >= 11 is 0. The van der Waals surface area contributed by atoms with E-state index in [9.17, 15) is 4.79 Å². The molecule has 2 atom stereocenters. The average molecular weight is 294 g/mol. The van der Waals surface area contributed by atoms with Gasteiger partial charge in [0.05, 0.1) is 33.0 Å². The number of methoxy groups -OCH3 is 1. The molecule has 0 spiro atoms. The minimum Gasteiger partial charge on any atom is -0.497 e. The zero-order chi connectivity index (χ0) is 15.2. The number of carbonyl (C=O) groups excluding carboxylic acids is 1. The summed E-state index contributed by atoms with van der Waals surface area (Å²) in [5.74, 6) is 0.672. The van der Waals surface area contributed by atoms with E-state index < -0.39 is 0 Å². The van der Waals surface area contributed by atoms with Crippen molar-refractivity contribution in [3.8, 4) is 5.75 Å². The van der Waals surface area contributed by atoms with Gasteiger partial charge in [-0.3, -0.25) is 9.69 Å². The van der Waals surface area contributed by atoms with Gasteiger partial charge in [-0.2, -0.15) is 0 Å². The highest BCUT2D eigenvalue weighted by Gasteiger charge is 2.26. The van der Waals surface area contributed by atoms with Crippen LogP contribution < -0.4 is 10.1 Å².